The minimum absolute atomic E-state index is 0.0556. The van der Waals surface area contributed by atoms with Crippen molar-refractivity contribution >= 4 is 47.2 Å². The van der Waals surface area contributed by atoms with Crippen molar-refractivity contribution in [3.63, 3.8) is 0 Å². The molecule has 3 aliphatic heterocycles. The highest BCUT2D eigenvalue weighted by atomic mass is 32.2. The maximum atomic E-state index is 13.2. The number of ether oxygens (including phenoxy) is 2. The van der Waals surface area contributed by atoms with Gasteiger partial charge in [-0.2, -0.15) is 0 Å². The minimum atomic E-state index is -1.10. The molecule has 1 aromatic rings. The molecule has 4 rings (SSSR count). The zero-order valence-corrected chi connectivity index (χ0v) is 24.3. The van der Waals surface area contributed by atoms with Gasteiger partial charge in [0.05, 0.1) is 35.1 Å². The maximum Gasteiger partial charge on any atom is 0.358 e. The van der Waals surface area contributed by atoms with Gasteiger partial charge in [-0.05, 0) is 52.3 Å². The van der Waals surface area contributed by atoms with Gasteiger partial charge in [0.1, 0.15) is 5.70 Å². The van der Waals surface area contributed by atoms with Crippen LogP contribution in [0.3, 0.4) is 0 Å². The standard InChI is InChI=1S/C28H35N3O9S/c1-13-20-19(14(2)32)24(34)31(20)21(26(37)39-12-40-27(38)28(3,4)5)22(13)41-17-10-18(29-11-17)23(33)30-16-8-6-7-15(9-16)25(35)36/h6-9,13-14,17-20,29,32H,10-12H2,1-5H3,(H,30,33)(H,35,36)/t13-,14-,17+,18+,19-,20-/m1/s1. The average Bonchev–Trinajstić information content (AvgIpc) is 3.45. The predicted molar refractivity (Wildman–Crippen MR) is 148 cm³/mol. The molecule has 6 atom stereocenters. The van der Waals surface area contributed by atoms with E-state index in [4.69, 9.17) is 9.47 Å². The number of carbonyl (C=O) groups is 5. The van der Waals surface area contributed by atoms with E-state index in [1.54, 1.807) is 32.9 Å². The molecule has 0 bridgehead atoms. The molecule has 0 aromatic heterocycles. The second-order valence-corrected chi connectivity index (χ2v) is 12.9. The number of β-lactam (4-membered cyclic amide) rings is 1. The molecule has 0 aliphatic carbocycles. The Morgan fingerprint density at radius 1 is 1.22 bits per heavy atom. The molecule has 41 heavy (non-hydrogen) atoms. The number of nitrogens with zero attached hydrogens (tertiary/aromatic N) is 1. The smallest absolute Gasteiger partial charge is 0.358 e. The van der Waals surface area contributed by atoms with Crippen molar-refractivity contribution in [2.75, 3.05) is 18.7 Å². The van der Waals surface area contributed by atoms with E-state index in [1.165, 1.54) is 35.7 Å². The van der Waals surface area contributed by atoms with Crippen molar-refractivity contribution in [3.05, 3.63) is 40.4 Å². The van der Waals surface area contributed by atoms with Crippen LogP contribution < -0.4 is 10.6 Å². The molecule has 3 aliphatic rings. The van der Waals surface area contributed by atoms with Gasteiger partial charge in [-0.3, -0.25) is 14.4 Å². The quantitative estimate of drug-likeness (QED) is 0.188. The number of amides is 2. The first-order valence-electron chi connectivity index (χ1n) is 13.3. The summed E-state index contributed by atoms with van der Waals surface area (Å²) in [5.74, 6) is -4.08. The lowest BCUT2D eigenvalue weighted by Crippen LogP contribution is -2.63. The lowest BCUT2D eigenvalue weighted by Gasteiger charge is -2.46. The molecule has 4 N–H and O–H groups in total. The Balaban J connectivity index is 1.46. The summed E-state index contributed by atoms with van der Waals surface area (Å²) in [4.78, 5) is 64.3. The van der Waals surface area contributed by atoms with E-state index in [2.05, 4.69) is 10.6 Å². The van der Waals surface area contributed by atoms with Gasteiger partial charge in [0.25, 0.3) is 0 Å². The molecule has 0 saturated carbocycles. The van der Waals surface area contributed by atoms with E-state index in [1.807, 2.05) is 6.92 Å². The van der Waals surface area contributed by atoms with Crippen molar-refractivity contribution in [1.29, 1.82) is 0 Å². The van der Waals surface area contributed by atoms with Crippen LogP contribution >= 0.6 is 11.8 Å². The fourth-order valence-corrected chi connectivity index (χ4v) is 6.70. The lowest BCUT2D eigenvalue weighted by molar-refractivity contribution is -0.175. The van der Waals surface area contributed by atoms with E-state index < -0.39 is 54.2 Å². The van der Waals surface area contributed by atoms with Gasteiger partial charge in [0.2, 0.25) is 18.6 Å². The number of benzene rings is 1. The highest BCUT2D eigenvalue weighted by Gasteiger charge is 2.60. The first-order valence-corrected chi connectivity index (χ1v) is 14.2. The number of hydrogen-bond donors (Lipinski definition) is 4. The van der Waals surface area contributed by atoms with E-state index in [9.17, 15) is 34.2 Å². The molecule has 0 unspecified atom stereocenters. The van der Waals surface area contributed by atoms with Crippen LogP contribution in [0.5, 0.6) is 0 Å². The van der Waals surface area contributed by atoms with Crippen LogP contribution in [0.25, 0.3) is 0 Å². The summed E-state index contributed by atoms with van der Waals surface area (Å²) in [5.41, 5.74) is -0.293. The number of hydrogen-bond acceptors (Lipinski definition) is 10. The van der Waals surface area contributed by atoms with E-state index in [0.29, 0.717) is 23.6 Å². The number of aromatic carboxylic acids is 1. The maximum absolute atomic E-state index is 13.2. The lowest BCUT2D eigenvalue weighted by atomic mass is 9.79. The van der Waals surface area contributed by atoms with Gasteiger partial charge in [0.15, 0.2) is 0 Å². The summed E-state index contributed by atoms with van der Waals surface area (Å²) < 4.78 is 10.3. The summed E-state index contributed by atoms with van der Waals surface area (Å²) in [6.07, 6.45) is -0.489. The second kappa shape index (κ2) is 11.8. The SMILES string of the molecule is C[C@@H](O)[C@H]1C(=O)N2C(C(=O)OCOC(=O)C(C)(C)C)=C(S[C@@H]3CN[C@H](C(=O)Nc4cccc(C(=O)O)c4)C3)[C@H](C)[C@H]12. The zero-order chi connectivity index (χ0) is 30.2. The summed E-state index contributed by atoms with van der Waals surface area (Å²) in [7, 11) is 0. The highest BCUT2D eigenvalue weighted by molar-refractivity contribution is 8.03. The Bertz CT molecular complexity index is 1290. The van der Waals surface area contributed by atoms with Crippen molar-refractivity contribution in [3.8, 4) is 0 Å². The fraction of sp³-hybridized carbons (Fsp3) is 0.536. The highest BCUT2D eigenvalue weighted by Crippen LogP contribution is 2.52. The van der Waals surface area contributed by atoms with Crippen molar-refractivity contribution in [1.82, 2.24) is 10.2 Å². The monoisotopic (exact) mass is 589 g/mol. The number of aliphatic hydroxyl groups excluding tert-OH is 1. The molecule has 0 radical (unpaired) electrons. The molecular formula is C28H35N3O9S. The second-order valence-electron chi connectivity index (χ2n) is 11.5. The van der Waals surface area contributed by atoms with Crippen LogP contribution in [0.4, 0.5) is 5.69 Å². The Morgan fingerprint density at radius 2 is 1.93 bits per heavy atom. The van der Waals surface area contributed by atoms with Crippen LogP contribution in [-0.4, -0.2) is 81.6 Å². The molecule has 2 fully saturated rings. The molecular weight excluding hydrogens is 554 g/mol. The topological polar surface area (TPSA) is 172 Å². The third kappa shape index (κ3) is 6.26. The Kier molecular flexibility index (Phi) is 8.81. The van der Waals surface area contributed by atoms with E-state index in [-0.39, 0.29) is 34.2 Å². The summed E-state index contributed by atoms with van der Waals surface area (Å²) in [6.45, 7) is 8.27. The van der Waals surface area contributed by atoms with E-state index in [0.717, 1.165) is 0 Å². The number of rotatable bonds is 9. The molecule has 12 nitrogen and oxygen atoms in total. The molecule has 3 heterocycles. The van der Waals surface area contributed by atoms with Gasteiger partial charge in [-0.15, -0.1) is 11.8 Å². The van der Waals surface area contributed by atoms with Crippen LogP contribution in [0.1, 0.15) is 51.4 Å². The van der Waals surface area contributed by atoms with Gasteiger partial charge < -0.3 is 35.2 Å². The third-order valence-electron chi connectivity index (χ3n) is 7.37. The first-order chi connectivity index (χ1) is 19.2. The molecule has 13 heteroatoms. The third-order valence-corrected chi connectivity index (χ3v) is 8.88. The van der Waals surface area contributed by atoms with Crippen LogP contribution in [0.15, 0.2) is 34.9 Å². The summed E-state index contributed by atoms with van der Waals surface area (Å²) >= 11 is 1.38. The largest absolute Gasteiger partial charge is 0.478 e. The van der Waals surface area contributed by atoms with Gasteiger partial charge in [-0.1, -0.05) is 13.0 Å². The van der Waals surface area contributed by atoms with Gasteiger partial charge in [-0.25, -0.2) is 9.59 Å². The molecule has 222 valence electrons. The van der Waals surface area contributed by atoms with Crippen molar-refractivity contribution in [2.45, 2.75) is 64.5 Å². The average molecular weight is 590 g/mol. The zero-order valence-electron chi connectivity index (χ0n) is 23.5. The molecule has 1 aromatic carbocycles. The number of anilines is 1. The van der Waals surface area contributed by atoms with Crippen LogP contribution in [0, 0.1) is 17.3 Å². The number of carbonyl (C=O) groups excluding carboxylic acids is 4. The number of esters is 2. The predicted octanol–water partition coefficient (Wildman–Crippen LogP) is 1.95. The number of thioether (sulfide) groups is 1. The van der Waals surface area contributed by atoms with Crippen molar-refractivity contribution < 1.29 is 43.7 Å². The Morgan fingerprint density at radius 3 is 2.56 bits per heavy atom. The number of fused-ring (bicyclic) bond motifs is 1. The Labute approximate surface area is 241 Å². The summed E-state index contributed by atoms with van der Waals surface area (Å²) in [5, 5.41) is 25.2. The van der Waals surface area contributed by atoms with Crippen LogP contribution in [0.2, 0.25) is 0 Å². The van der Waals surface area contributed by atoms with Gasteiger partial charge >= 0.3 is 17.9 Å². The van der Waals surface area contributed by atoms with E-state index >= 15 is 0 Å². The van der Waals surface area contributed by atoms with Crippen LogP contribution in [-0.2, 0) is 28.7 Å². The Hall–Kier alpha value is -3.42. The molecule has 0 spiro atoms. The normalized spacial score (nSPS) is 26.2. The molecule has 2 amide bonds. The minimum Gasteiger partial charge on any atom is -0.478 e. The summed E-state index contributed by atoms with van der Waals surface area (Å²) in [6, 6.07) is 4.98. The number of aliphatic hydroxyl groups is 1. The first kappa shape index (κ1) is 30.5. The van der Waals surface area contributed by atoms with Crippen molar-refractivity contribution in [2.24, 2.45) is 17.3 Å². The van der Waals surface area contributed by atoms with Gasteiger partial charge in [0, 0.05) is 28.3 Å². The fourth-order valence-electron chi connectivity index (χ4n) is 5.22. The molecule has 2 saturated heterocycles. The number of carboxylic acids is 1. The number of carboxylic acid groups (broad SMARTS) is 1. The number of nitrogens with one attached hydrogen (secondary N) is 2.